The fraction of sp³-hybridized carbons (Fsp3) is 0.417. The van der Waals surface area contributed by atoms with Gasteiger partial charge < -0.3 is 9.47 Å². The lowest BCUT2D eigenvalue weighted by molar-refractivity contribution is 0.280. The molecule has 4 heteroatoms. The predicted octanol–water partition coefficient (Wildman–Crippen LogP) is 3.01. The lowest BCUT2D eigenvalue weighted by Gasteiger charge is -2.12. The van der Waals surface area contributed by atoms with Crippen molar-refractivity contribution in [3.63, 3.8) is 0 Å². The Hall–Kier alpha value is -1.40. The fourth-order valence-electron chi connectivity index (χ4n) is 1.41. The highest BCUT2D eigenvalue weighted by Crippen LogP contribution is 2.38. The third kappa shape index (κ3) is 2.40. The maximum absolute atomic E-state index is 8.80. The molecule has 1 aromatic rings. The van der Waals surface area contributed by atoms with Gasteiger partial charge in [0.15, 0.2) is 11.5 Å². The highest BCUT2D eigenvalue weighted by atomic mass is 35.5. The minimum Gasteiger partial charge on any atom is -0.493 e. The predicted molar refractivity (Wildman–Crippen MR) is 60.9 cm³/mol. The quantitative estimate of drug-likeness (QED) is 0.809. The molecule has 1 fully saturated rings. The van der Waals surface area contributed by atoms with Crippen molar-refractivity contribution in [2.24, 2.45) is 5.92 Å². The number of hydrogen-bond acceptors (Lipinski definition) is 3. The van der Waals surface area contributed by atoms with E-state index in [0.29, 0.717) is 34.6 Å². The van der Waals surface area contributed by atoms with E-state index < -0.39 is 0 Å². The smallest absolute Gasteiger partial charge is 0.179 e. The average Bonchev–Trinajstić information content (AvgIpc) is 3.10. The van der Waals surface area contributed by atoms with E-state index in [4.69, 9.17) is 26.3 Å². The molecule has 1 aliphatic carbocycles. The first-order chi connectivity index (χ1) is 7.74. The van der Waals surface area contributed by atoms with Crippen LogP contribution in [0.2, 0.25) is 5.02 Å². The first kappa shape index (κ1) is 11.1. The maximum Gasteiger partial charge on any atom is 0.179 e. The molecular formula is C12H12ClNO2. The largest absolute Gasteiger partial charge is 0.493 e. The van der Waals surface area contributed by atoms with Gasteiger partial charge in [-0.15, -0.1) is 0 Å². The van der Waals surface area contributed by atoms with E-state index >= 15 is 0 Å². The number of nitriles is 1. The van der Waals surface area contributed by atoms with Gasteiger partial charge in [-0.1, -0.05) is 11.6 Å². The van der Waals surface area contributed by atoms with Crippen molar-refractivity contribution in [2.45, 2.75) is 12.8 Å². The van der Waals surface area contributed by atoms with Gasteiger partial charge in [-0.25, -0.2) is 0 Å². The first-order valence-corrected chi connectivity index (χ1v) is 5.53. The number of nitrogens with zero attached hydrogens (tertiary/aromatic N) is 1. The molecule has 0 radical (unpaired) electrons. The van der Waals surface area contributed by atoms with Crippen LogP contribution in [0.5, 0.6) is 11.5 Å². The van der Waals surface area contributed by atoms with Crippen LogP contribution in [0.4, 0.5) is 0 Å². The third-order valence-corrected chi connectivity index (χ3v) is 2.80. The fourth-order valence-corrected chi connectivity index (χ4v) is 1.68. The average molecular weight is 238 g/mol. The van der Waals surface area contributed by atoms with E-state index in [9.17, 15) is 0 Å². The number of benzene rings is 1. The molecule has 1 saturated carbocycles. The molecule has 84 valence electrons. The Morgan fingerprint density at radius 3 is 2.81 bits per heavy atom. The molecule has 1 aromatic carbocycles. The number of ether oxygens (including phenoxy) is 2. The molecule has 0 unspecified atom stereocenters. The van der Waals surface area contributed by atoms with Gasteiger partial charge in [0.05, 0.1) is 30.4 Å². The van der Waals surface area contributed by atoms with Crippen molar-refractivity contribution >= 4 is 11.6 Å². The molecule has 2 rings (SSSR count). The van der Waals surface area contributed by atoms with Gasteiger partial charge in [0.25, 0.3) is 0 Å². The molecule has 0 atom stereocenters. The van der Waals surface area contributed by atoms with E-state index in [2.05, 4.69) is 0 Å². The lowest BCUT2D eigenvalue weighted by Crippen LogP contribution is -2.01. The van der Waals surface area contributed by atoms with E-state index in [1.165, 1.54) is 20.0 Å². The van der Waals surface area contributed by atoms with Gasteiger partial charge in [0.1, 0.15) is 0 Å². The molecule has 1 aliphatic rings. The molecule has 3 nitrogen and oxygen atoms in total. The Balaban J connectivity index is 2.23. The van der Waals surface area contributed by atoms with Gasteiger partial charge in [-0.05, 0) is 24.8 Å². The molecule has 0 aliphatic heterocycles. The van der Waals surface area contributed by atoms with Crippen LogP contribution >= 0.6 is 11.6 Å². The van der Waals surface area contributed by atoms with Gasteiger partial charge in [-0.3, -0.25) is 0 Å². The summed E-state index contributed by atoms with van der Waals surface area (Å²) < 4.78 is 10.8. The van der Waals surface area contributed by atoms with Crippen molar-refractivity contribution in [2.75, 3.05) is 13.7 Å². The summed E-state index contributed by atoms with van der Waals surface area (Å²) in [4.78, 5) is 0. The standard InChI is InChI=1S/C12H12ClNO2/c1-15-11-5-9(6-14)4-10(13)12(11)16-7-8-2-3-8/h4-5,8H,2-3,7H2,1H3. The van der Waals surface area contributed by atoms with Crippen LogP contribution in [0.15, 0.2) is 12.1 Å². The summed E-state index contributed by atoms with van der Waals surface area (Å²) in [7, 11) is 1.54. The summed E-state index contributed by atoms with van der Waals surface area (Å²) in [5.74, 6) is 1.70. The SMILES string of the molecule is COc1cc(C#N)cc(Cl)c1OCC1CC1. The lowest BCUT2D eigenvalue weighted by atomic mass is 10.2. The highest BCUT2D eigenvalue weighted by Gasteiger charge is 2.23. The maximum atomic E-state index is 8.80. The number of rotatable bonds is 4. The second-order valence-electron chi connectivity index (χ2n) is 3.86. The molecule has 0 aromatic heterocycles. The Kier molecular flexibility index (Phi) is 3.21. The number of methoxy groups -OCH3 is 1. The van der Waals surface area contributed by atoms with E-state index in [0.717, 1.165) is 0 Å². The zero-order valence-corrected chi connectivity index (χ0v) is 9.75. The molecule has 0 heterocycles. The highest BCUT2D eigenvalue weighted by molar-refractivity contribution is 6.32. The molecule has 0 amide bonds. The van der Waals surface area contributed by atoms with Gasteiger partial charge in [-0.2, -0.15) is 5.26 Å². The topological polar surface area (TPSA) is 42.2 Å². The van der Waals surface area contributed by atoms with Crippen molar-refractivity contribution < 1.29 is 9.47 Å². The summed E-state index contributed by atoms with van der Waals surface area (Å²) >= 11 is 6.04. The minimum atomic E-state index is 0.427. The van der Waals surface area contributed by atoms with Crippen LogP contribution in [0.25, 0.3) is 0 Å². The zero-order valence-electron chi connectivity index (χ0n) is 9.00. The van der Waals surface area contributed by atoms with Crippen LogP contribution in [0.3, 0.4) is 0 Å². The normalized spacial score (nSPS) is 14.3. The summed E-state index contributed by atoms with van der Waals surface area (Å²) in [6.07, 6.45) is 2.44. The zero-order chi connectivity index (χ0) is 11.5. The van der Waals surface area contributed by atoms with Crippen molar-refractivity contribution in [1.29, 1.82) is 5.26 Å². The van der Waals surface area contributed by atoms with Crippen LogP contribution in [-0.2, 0) is 0 Å². The van der Waals surface area contributed by atoms with E-state index in [1.807, 2.05) is 6.07 Å². The number of hydrogen-bond donors (Lipinski definition) is 0. The molecule has 0 bridgehead atoms. The van der Waals surface area contributed by atoms with Gasteiger partial charge in [0, 0.05) is 6.07 Å². The van der Waals surface area contributed by atoms with E-state index in [1.54, 1.807) is 12.1 Å². The monoisotopic (exact) mass is 237 g/mol. The summed E-state index contributed by atoms with van der Waals surface area (Å²) in [5, 5.41) is 9.22. The van der Waals surface area contributed by atoms with Crippen molar-refractivity contribution in [1.82, 2.24) is 0 Å². The third-order valence-electron chi connectivity index (χ3n) is 2.52. The minimum absolute atomic E-state index is 0.427. The Morgan fingerprint density at radius 1 is 1.50 bits per heavy atom. The van der Waals surface area contributed by atoms with Crippen LogP contribution in [0, 0.1) is 17.2 Å². The Labute approximate surface area is 99.5 Å². The molecule has 0 N–H and O–H groups in total. The molecule has 16 heavy (non-hydrogen) atoms. The molecule has 0 spiro atoms. The summed E-state index contributed by atoms with van der Waals surface area (Å²) in [6.45, 7) is 0.669. The van der Waals surface area contributed by atoms with Crippen molar-refractivity contribution in [3.8, 4) is 17.6 Å². The van der Waals surface area contributed by atoms with Crippen LogP contribution < -0.4 is 9.47 Å². The molecule has 0 saturated heterocycles. The van der Waals surface area contributed by atoms with Crippen molar-refractivity contribution in [3.05, 3.63) is 22.7 Å². The first-order valence-electron chi connectivity index (χ1n) is 5.15. The Bertz CT molecular complexity index is 435. The number of halogens is 1. The van der Waals surface area contributed by atoms with E-state index in [-0.39, 0.29) is 0 Å². The second kappa shape index (κ2) is 4.63. The van der Waals surface area contributed by atoms with Gasteiger partial charge >= 0.3 is 0 Å². The van der Waals surface area contributed by atoms with Crippen LogP contribution in [-0.4, -0.2) is 13.7 Å². The Morgan fingerprint density at radius 2 is 2.25 bits per heavy atom. The summed E-state index contributed by atoms with van der Waals surface area (Å²) in [5.41, 5.74) is 0.473. The molecular weight excluding hydrogens is 226 g/mol. The summed E-state index contributed by atoms with van der Waals surface area (Å²) in [6, 6.07) is 5.25. The van der Waals surface area contributed by atoms with Gasteiger partial charge in [0.2, 0.25) is 0 Å². The van der Waals surface area contributed by atoms with Crippen LogP contribution in [0.1, 0.15) is 18.4 Å². The second-order valence-corrected chi connectivity index (χ2v) is 4.26.